The number of rotatable bonds is 5. The average molecular weight is 413 g/mol. The zero-order chi connectivity index (χ0) is 21.8. The summed E-state index contributed by atoms with van der Waals surface area (Å²) in [7, 11) is 0. The van der Waals surface area contributed by atoms with Crippen molar-refractivity contribution in [2.75, 3.05) is 0 Å². The van der Waals surface area contributed by atoms with Crippen LogP contribution in [0, 0.1) is 17.1 Å². The van der Waals surface area contributed by atoms with Crippen LogP contribution >= 0.6 is 0 Å². The van der Waals surface area contributed by atoms with Gasteiger partial charge in [0.1, 0.15) is 18.2 Å². The first-order valence-corrected chi connectivity index (χ1v) is 9.33. The molecule has 9 heteroatoms. The lowest BCUT2D eigenvalue weighted by atomic mass is 10.1. The fourth-order valence-electron chi connectivity index (χ4n) is 3.01. The molecule has 1 amide bonds. The predicted molar refractivity (Wildman–Crippen MR) is 109 cm³/mol. The maximum absolute atomic E-state index is 13.2. The van der Waals surface area contributed by atoms with E-state index in [1.54, 1.807) is 43.5 Å². The second kappa shape index (κ2) is 8.51. The Labute approximate surface area is 177 Å². The Morgan fingerprint density at radius 3 is 2.61 bits per heavy atom. The lowest BCUT2D eigenvalue weighted by Gasteiger charge is -2.14. The second-order valence-electron chi connectivity index (χ2n) is 6.71. The monoisotopic (exact) mass is 413 g/mol. The van der Waals surface area contributed by atoms with Crippen molar-refractivity contribution in [3.63, 3.8) is 0 Å². The van der Waals surface area contributed by atoms with Crippen LogP contribution in [-0.4, -0.2) is 30.6 Å². The summed E-state index contributed by atoms with van der Waals surface area (Å²) in [5.41, 5.74) is 2.24. The number of carbonyl (C=O) groups excluding carboxylic acids is 1. The van der Waals surface area contributed by atoms with Gasteiger partial charge in [-0.1, -0.05) is 12.1 Å². The highest BCUT2D eigenvalue weighted by Gasteiger charge is 2.19. The molecule has 4 rings (SSSR count). The Balaban J connectivity index is 1.53. The van der Waals surface area contributed by atoms with E-state index in [1.807, 2.05) is 6.07 Å². The third-order valence-electron chi connectivity index (χ3n) is 4.58. The molecule has 0 saturated carbocycles. The predicted octanol–water partition coefficient (Wildman–Crippen LogP) is 3.23. The van der Waals surface area contributed by atoms with E-state index in [2.05, 4.69) is 25.4 Å². The molecule has 3 aromatic heterocycles. The van der Waals surface area contributed by atoms with E-state index in [9.17, 15) is 9.18 Å². The van der Waals surface area contributed by atoms with Gasteiger partial charge in [-0.15, -0.1) is 0 Å². The number of pyridine rings is 2. The highest BCUT2D eigenvalue weighted by atomic mass is 19.1. The van der Waals surface area contributed by atoms with E-state index >= 15 is 0 Å². The van der Waals surface area contributed by atoms with E-state index in [0.29, 0.717) is 28.3 Å². The standard InChI is InChI=1S/C22H16FN7O/c1-14(21-27-13-28-30(21)20-7-2-15(9-24)10-26-20)29-22(31)18-8-17(11-25-12-18)16-3-5-19(23)6-4-16/h2-8,10-14H,1H3,(H,29,31)/t14-/m1/s1. The van der Waals surface area contributed by atoms with Crippen LogP contribution in [0.4, 0.5) is 4.39 Å². The molecular weight excluding hydrogens is 397 g/mol. The summed E-state index contributed by atoms with van der Waals surface area (Å²) in [5, 5.41) is 16.0. The van der Waals surface area contributed by atoms with Crippen molar-refractivity contribution >= 4 is 5.91 Å². The van der Waals surface area contributed by atoms with Gasteiger partial charge >= 0.3 is 0 Å². The molecule has 0 aliphatic heterocycles. The Hall–Kier alpha value is -4.45. The zero-order valence-corrected chi connectivity index (χ0v) is 16.4. The summed E-state index contributed by atoms with van der Waals surface area (Å²) in [6, 6.07) is 12.5. The molecule has 0 aliphatic carbocycles. The number of hydrogen-bond donors (Lipinski definition) is 1. The van der Waals surface area contributed by atoms with Gasteiger partial charge < -0.3 is 5.32 Å². The highest BCUT2D eigenvalue weighted by Crippen LogP contribution is 2.20. The zero-order valence-electron chi connectivity index (χ0n) is 16.4. The summed E-state index contributed by atoms with van der Waals surface area (Å²) >= 11 is 0. The normalized spacial score (nSPS) is 11.5. The number of halogens is 1. The second-order valence-corrected chi connectivity index (χ2v) is 6.71. The van der Waals surface area contributed by atoms with Crippen molar-refractivity contribution in [2.24, 2.45) is 0 Å². The number of carbonyl (C=O) groups is 1. The topological polar surface area (TPSA) is 109 Å². The molecule has 4 aromatic rings. The maximum atomic E-state index is 13.2. The van der Waals surface area contributed by atoms with Crippen molar-refractivity contribution in [2.45, 2.75) is 13.0 Å². The van der Waals surface area contributed by atoms with E-state index in [1.165, 1.54) is 35.5 Å². The molecule has 0 radical (unpaired) electrons. The van der Waals surface area contributed by atoms with Gasteiger partial charge in [-0.05, 0) is 42.8 Å². The molecule has 3 heterocycles. The van der Waals surface area contributed by atoms with Crippen LogP contribution in [0.15, 0.2) is 67.4 Å². The Kier molecular flexibility index (Phi) is 5.45. The minimum absolute atomic E-state index is 0.333. The Morgan fingerprint density at radius 2 is 1.90 bits per heavy atom. The van der Waals surface area contributed by atoms with Gasteiger partial charge in [0.25, 0.3) is 5.91 Å². The molecule has 8 nitrogen and oxygen atoms in total. The summed E-state index contributed by atoms with van der Waals surface area (Å²) in [6.45, 7) is 1.78. The summed E-state index contributed by atoms with van der Waals surface area (Å²) in [6.07, 6.45) is 5.88. The molecule has 1 atom stereocenters. The van der Waals surface area contributed by atoms with Gasteiger partial charge in [0.2, 0.25) is 0 Å². The number of amides is 1. The van der Waals surface area contributed by atoms with E-state index < -0.39 is 6.04 Å². The third-order valence-corrected chi connectivity index (χ3v) is 4.58. The fourth-order valence-corrected chi connectivity index (χ4v) is 3.01. The molecule has 31 heavy (non-hydrogen) atoms. The maximum Gasteiger partial charge on any atom is 0.253 e. The van der Waals surface area contributed by atoms with E-state index in [0.717, 1.165) is 5.56 Å². The minimum atomic E-state index is -0.484. The third kappa shape index (κ3) is 4.28. The molecule has 152 valence electrons. The van der Waals surface area contributed by atoms with Gasteiger partial charge in [0.05, 0.1) is 17.2 Å². The number of hydrogen-bond acceptors (Lipinski definition) is 6. The number of nitrogens with zero attached hydrogens (tertiary/aromatic N) is 6. The molecule has 0 saturated heterocycles. The molecular formula is C22H16FN7O. The van der Waals surface area contributed by atoms with Crippen molar-refractivity contribution in [3.05, 3.63) is 90.2 Å². The van der Waals surface area contributed by atoms with Crippen LogP contribution in [0.25, 0.3) is 16.9 Å². The molecule has 0 spiro atoms. The Bertz CT molecular complexity index is 1260. The van der Waals surface area contributed by atoms with Crippen molar-refractivity contribution in [3.8, 4) is 23.0 Å². The number of nitriles is 1. The van der Waals surface area contributed by atoms with Crippen LogP contribution in [0.3, 0.4) is 0 Å². The SMILES string of the molecule is C[C@@H](NC(=O)c1cncc(-c2ccc(F)cc2)c1)c1ncnn1-c1ccc(C#N)cn1. The van der Waals surface area contributed by atoms with Gasteiger partial charge in [0.15, 0.2) is 11.6 Å². The summed E-state index contributed by atoms with van der Waals surface area (Å²) < 4.78 is 14.7. The number of nitrogens with one attached hydrogen (secondary N) is 1. The first kappa shape index (κ1) is 19.8. The van der Waals surface area contributed by atoms with E-state index in [-0.39, 0.29) is 11.7 Å². The lowest BCUT2D eigenvalue weighted by molar-refractivity contribution is 0.0937. The van der Waals surface area contributed by atoms with Gasteiger partial charge in [0, 0.05) is 24.2 Å². The Morgan fingerprint density at radius 1 is 1.10 bits per heavy atom. The fraction of sp³-hybridized carbons (Fsp3) is 0.0909. The van der Waals surface area contributed by atoms with E-state index in [4.69, 9.17) is 5.26 Å². The molecule has 1 aromatic carbocycles. The summed E-state index contributed by atoms with van der Waals surface area (Å²) in [4.78, 5) is 25.4. The van der Waals surface area contributed by atoms with Crippen molar-refractivity contribution in [1.29, 1.82) is 5.26 Å². The molecule has 0 aliphatic rings. The van der Waals surface area contributed by atoms with Crippen LogP contribution in [0.5, 0.6) is 0 Å². The lowest BCUT2D eigenvalue weighted by Crippen LogP contribution is -2.29. The molecule has 0 unspecified atom stereocenters. The van der Waals surface area contributed by atoms with Crippen molar-refractivity contribution in [1.82, 2.24) is 30.0 Å². The highest BCUT2D eigenvalue weighted by molar-refractivity contribution is 5.95. The van der Waals surface area contributed by atoms with Gasteiger partial charge in [-0.25, -0.2) is 14.4 Å². The largest absolute Gasteiger partial charge is 0.342 e. The van der Waals surface area contributed by atoms with Crippen molar-refractivity contribution < 1.29 is 9.18 Å². The smallest absolute Gasteiger partial charge is 0.253 e. The quantitative estimate of drug-likeness (QED) is 0.538. The molecule has 1 N–H and O–H groups in total. The molecule has 0 bridgehead atoms. The van der Waals surface area contributed by atoms with Crippen LogP contribution < -0.4 is 5.32 Å². The van der Waals surface area contributed by atoms with Crippen LogP contribution in [-0.2, 0) is 0 Å². The summed E-state index contributed by atoms with van der Waals surface area (Å²) in [5.74, 6) is 0.285. The number of benzene rings is 1. The first-order valence-electron chi connectivity index (χ1n) is 9.33. The minimum Gasteiger partial charge on any atom is -0.342 e. The van der Waals surface area contributed by atoms with Crippen LogP contribution in [0.2, 0.25) is 0 Å². The molecule has 0 fully saturated rings. The van der Waals surface area contributed by atoms with Gasteiger partial charge in [-0.3, -0.25) is 9.78 Å². The average Bonchev–Trinajstić information content (AvgIpc) is 3.30. The van der Waals surface area contributed by atoms with Crippen LogP contribution in [0.1, 0.15) is 34.7 Å². The number of aromatic nitrogens is 5. The van der Waals surface area contributed by atoms with Gasteiger partial charge in [-0.2, -0.15) is 15.0 Å². The first-order chi connectivity index (χ1) is 15.0.